The van der Waals surface area contributed by atoms with Crippen LogP contribution in [0.5, 0.6) is 0 Å². The van der Waals surface area contributed by atoms with Crippen LogP contribution in [0.15, 0.2) is 48.6 Å². The summed E-state index contributed by atoms with van der Waals surface area (Å²) < 4.78 is 17.4. The molecule has 0 radical (unpaired) electrons. The number of amides is 1. The minimum Gasteiger partial charge on any atom is -0.430 e. The number of nitrogens with zero attached hydrogens (tertiary/aromatic N) is 3. The molecule has 206 valence electrons. The minimum absolute atomic E-state index is 0.0103. The van der Waals surface area contributed by atoms with Crippen molar-refractivity contribution < 1.29 is 23.5 Å². The van der Waals surface area contributed by atoms with Gasteiger partial charge in [-0.3, -0.25) is 9.28 Å². The van der Waals surface area contributed by atoms with Crippen LogP contribution in [0.2, 0.25) is 5.02 Å². The third-order valence-corrected chi connectivity index (χ3v) is 8.64. The molecule has 3 heterocycles. The molecule has 0 atom stereocenters. The lowest BCUT2D eigenvalue weighted by atomic mass is 10.0. The van der Waals surface area contributed by atoms with Crippen molar-refractivity contribution in [2.24, 2.45) is 0 Å². The highest BCUT2D eigenvalue weighted by molar-refractivity contribution is 7.13. The summed E-state index contributed by atoms with van der Waals surface area (Å²) in [5.41, 5.74) is 2.77. The van der Waals surface area contributed by atoms with Crippen LogP contribution in [0.3, 0.4) is 0 Å². The van der Waals surface area contributed by atoms with Crippen LogP contribution in [0.1, 0.15) is 30.9 Å². The Morgan fingerprint density at radius 2 is 2.03 bits per heavy atom. The van der Waals surface area contributed by atoms with Gasteiger partial charge in [0.05, 0.1) is 43.8 Å². The van der Waals surface area contributed by atoms with Crippen molar-refractivity contribution in [1.29, 1.82) is 0 Å². The van der Waals surface area contributed by atoms with E-state index in [1.54, 1.807) is 0 Å². The number of anilines is 2. The summed E-state index contributed by atoms with van der Waals surface area (Å²) in [7, 11) is 0. The average Bonchev–Trinajstić information content (AvgIpc) is 3.53. The van der Waals surface area contributed by atoms with E-state index in [2.05, 4.69) is 29.3 Å². The number of carbonyl (C=O) groups excluding carboxylic acids is 2. The van der Waals surface area contributed by atoms with Gasteiger partial charge < -0.3 is 19.7 Å². The van der Waals surface area contributed by atoms with Crippen molar-refractivity contribution in [3.8, 4) is 0 Å². The van der Waals surface area contributed by atoms with Crippen molar-refractivity contribution in [2.45, 2.75) is 32.6 Å². The molecule has 10 heteroatoms. The lowest BCUT2D eigenvalue weighted by Gasteiger charge is -2.44. The van der Waals surface area contributed by atoms with Crippen LogP contribution in [-0.2, 0) is 27.1 Å². The van der Waals surface area contributed by atoms with E-state index in [0.717, 1.165) is 68.2 Å². The van der Waals surface area contributed by atoms with Gasteiger partial charge in [0.25, 0.3) is 0 Å². The lowest BCUT2D eigenvalue weighted by Crippen LogP contribution is -2.61. The summed E-state index contributed by atoms with van der Waals surface area (Å²) in [5.74, 6) is 1.01. The van der Waals surface area contributed by atoms with E-state index in [1.807, 2.05) is 36.4 Å². The van der Waals surface area contributed by atoms with Crippen molar-refractivity contribution in [3.05, 3.63) is 64.7 Å². The molecule has 3 aromatic rings. The van der Waals surface area contributed by atoms with Gasteiger partial charge in [-0.05, 0) is 47.3 Å². The summed E-state index contributed by atoms with van der Waals surface area (Å²) in [6.45, 7) is 6.45. The van der Waals surface area contributed by atoms with Gasteiger partial charge in [0, 0.05) is 22.5 Å². The van der Waals surface area contributed by atoms with Gasteiger partial charge in [0.2, 0.25) is 12.6 Å². The van der Waals surface area contributed by atoms with E-state index in [-0.39, 0.29) is 19.2 Å². The van der Waals surface area contributed by atoms with Gasteiger partial charge in [0.1, 0.15) is 6.61 Å². The molecule has 8 nitrogen and oxygen atoms in total. The fourth-order valence-electron chi connectivity index (χ4n) is 5.17. The Labute approximate surface area is 237 Å². The Kier molecular flexibility index (Phi) is 8.69. The number of piperazine rings is 1. The molecule has 1 saturated heterocycles. The number of hydrogen-bond acceptors (Lipinski definition) is 7. The molecule has 0 aliphatic carbocycles. The standard InChI is InChI=1S/C29H33ClN4O4S/c1-2-3-4-7-16-37-29(36)38-20-34(13-10-21-17-22-18-27(35)31-25(22)19-24(21)30)14-11-33(12-15-34)28-23-8-5-6-9-26(23)39-32-28/h4-9,17,19H,2-3,10-16,18,20H2,1H3/p+1/b7-4+. The minimum atomic E-state index is -0.651. The van der Waals surface area contributed by atoms with Crippen LogP contribution in [0.4, 0.5) is 16.3 Å². The Bertz CT molecular complexity index is 1370. The highest BCUT2D eigenvalue weighted by Gasteiger charge is 2.36. The number of ether oxygens (including phenoxy) is 2. The molecule has 5 rings (SSSR count). The SMILES string of the molecule is CCC/C=C/COC(=O)OC[N+]1(CCc2cc3c(cc2Cl)NC(=O)C3)CCN(c2nsc3ccccc23)CC1. The monoisotopic (exact) mass is 569 g/mol. The van der Waals surface area contributed by atoms with Gasteiger partial charge in [-0.2, -0.15) is 4.37 Å². The van der Waals surface area contributed by atoms with E-state index in [1.165, 1.54) is 21.6 Å². The second-order valence-corrected chi connectivity index (χ2v) is 11.4. The van der Waals surface area contributed by atoms with Crippen molar-refractivity contribution in [1.82, 2.24) is 4.37 Å². The molecular formula is C29H34ClN4O4S+. The molecule has 2 aromatic carbocycles. The Morgan fingerprint density at radius 1 is 1.21 bits per heavy atom. The van der Waals surface area contributed by atoms with Gasteiger partial charge in [-0.15, -0.1) is 0 Å². The topological polar surface area (TPSA) is 80.8 Å². The Hall–Kier alpha value is -3.14. The number of quaternary nitrogens is 1. The first kappa shape index (κ1) is 27.4. The van der Waals surface area contributed by atoms with Gasteiger partial charge in [-0.25, -0.2) is 4.79 Å². The predicted molar refractivity (Wildman–Crippen MR) is 156 cm³/mol. The number of hydrogen-bond donors (Lipinski definition) is 1. The maximum atomic E-state index is 12.4. The zero-order valence-electron chi connectivity index (χ0n) is 22.2. The van der Waals surface area contributed by atoms with Gasteiger partial charge in [0.15, 0.2) is 5.82 Å². The quantitative estimate of drug-likeness (QED) is 0.189. The maximum Gasteiger partial charge on any atom is 0.512 e. The molecule has 1 N–H and O–H groups in total. The largest absolute Gasteiger partial charge is 0.512 e. The Balaban J connectivity index is 1.27. The smallest absolute Gasteiger partial charge is 0.430 e. The zero-order chi connectivity index (χ0) is 27.2. The molecule has 0 saturated carbocycles. The van der Waals surface area contributed by atoms with Crippen molar-refractivity contribution in [3.63, 3.8) is 0 Å². The van der Waals surface area contributed by atoms with E-state index in [0.29, 0.717) is 22.3 Å². The number of unbranched alkanes of at least 4 members (excludes halogenated alkanes) is 1. The van der Waals surface area contributed by atoms with Crippen LogP contribution < -0.4 is 10.2 Å². The third kappa shape index (κ3) is 6.54. The van der Waals surface area contributed by atoms with Crippen LogP contribution >= 0.6 is 23.1 Å². The van der Waals surface area contributed by atoms with E-state index in [4.69, 9.17) is 25.4 Å². The van der Waals surface area contributed by atoms with E-state index < -0.39 is 6.16 Å². The molecule has 0 unspecified atom stereocenters. The van der Waals surface area contributed by atoms with E-state index in [9.17, 15) is 9.59 Å². The second-order valence-electron chi connectivity index (χ2n) is 10.2. The molecule has 39 heavy (non-hydrogen) atoms. The molecule has 2 aliphatic heterocycles. The summed E-state index contributed by atoms with van der Waals surface area (Å²) >= 11 is 8.12. The number of nitrogens with one attached hydrogen (secondary N) is 1. The molecule has 2 aliphatic rings. The molecule has 0 spiro atoms. The van der Waals surface area contributed by atoms with Crippen LogP contribution in [0.25, 0.3) is 10.1 Å². The highest BCUT2D eigenvalue weighted by atomic mass is 35.5. The first-order valence-corrected chi connectivity index (χ1v) is 14.6. The third-order valence-electron chi connectivity index (χ3n) is 7.47. The zero-order valence-corrected chi connectivity index (χ0v) is 23.7. The number of benzene rings is 2. The molecular weight excluding hydrogens is 536 g/mol. The number of aromatic nitrogens is 1. The number of carbonyl (C=O) groups is 2. The summed E-state index contributed by atoms with van der Waals surface area (Å²) in [6.07, 6.45) is 6.29. The summed E-state index contributed by atoms with van der Waals surface area (Å²) in [5, 5.41) is 4.67. The number of allylic oxidation sites excluding steroid dienone is 1. The summed E-state index contributed by atoms with van der Waals surface area (Å²) in [6, 6.07) is 12.2. The Morgan fingerprint density at radius 3 is 2.85 bits per heavy atom. The predicted octanol–water partition coefficient (Wildman–Crippen LogP) is 5.79. The molecule has 0 bridgehead atoms. The molecule has 1 amide bonds. The van der Waals surface area contributed by atoms with Crippen molar-refractivity contribution >= 4 is 56.8 Å². The fourth-order valence-corrected chi connectivity index (χ4v) is 6.22. The normalized spacial score (nSPS) is 16.5. The second kappa shape index (κ2) is 12.4. The van der Waals surface area contributed by atoms with Crippen LogP contribution in [-0.4, -0.2) is 67.0 Å². The first-order chi connectivity index (χ1) is 19.0. The summed E-state index contributed by atoms with van der Waals surface area (Å²) in [4.78, 5) is 26.5. The van der Waals surface area contributed by atoms with Crippen molar-refractivity contribution in [2.75, 3.05) is 56.3 Å². The number of rotatable bonds is 10. The number of halogens is 1. The fraction of sp³-hybridized carbons (Fsp3) is 0.414. The lowest BCUT2D eigenvalue weighted by molar-refractivity contribution is -0.944. The first-order valence-electron chi connectivity index (χ1n) is 13.5. The van der Waals surface area contributed by atoms with E-state index >= 15 is 0 Å². The van der Waals surface area contributed by atoms with Gasteiger partial charge in [-0.1, -0.05) is 55.3 Å². The number of fused-ring (bicyclic) bond motifs is 2. The highest BCUT2D eigenvalue weighted by Crippen LogP contribution is 2.32. The molecule has 1 aromatic heterocycles. The van der Waals surface area contributed by atoms with Crippen LogP contribution in [0, 0.1) is 0 Å². The molecule has 1 fully saturated rings. The van der Waals surface area contributed by atoms with Gasteiger partial charge >= 0.3 is 6.16 Å². The maximum absolute atomic E-state index is 12.4. The average molecular weight is 570 g/mol.